The summed E-state index contributed by atoms with van der Waals surface area (Å²) in [6.45, 7) is 2.33. The molecule has 0 radical (unpaired) electrons. The van der Waals surface area contributed by atoms with E-state index in [1.807, 2.05) is 25.1 Å². The Bertz CT molecular complexity index is 574. The molecule has 0 saturated carbocycles. The summed E-state index contributed by atoms with van der Waals surface area (Å²) in [6.07, 6.45) is -0.737. The normalized spacial score (nSPS) is 12.2. The Balaban J connectivity index is 2.02. The van der Waals surface area contributed by atoms with E-state index in [0.29, 0.717) is 12.1 Å². The van der Waals surface area contributed by atoms with Gasteiger partial charge in [0, 0.05) is 16.7 Å². The van der Waals surface area contributed by atoms with E-state index < -0.39 is 6.10 Å². The van der Waals surface area contributed by atoms with Gasteiger partial charge in [0.2, 0.25) is 0 Å². The summed E-state index contributed by atoms with van der Waals surface area (Å²) in [5, 5.41) is 13.2. The molecule has 0 saturated heterocycles. The Morgan fingerprint density at radius 1 is 1.26 bits per heavy atom. The topological polar surface area (TPSA) is 32.3 Å². The molecule has 0 bridgehead atoms. The van der Waals surface area contributed by atoms with Gasteiger partial charge in [0.15, 0.2) is 0 Å². The fourth-order valence-electron chi connectivity index (χ4n) is 1.86. The van der Waals surface area contributed by atoms with E-state index in [2.05, 4.69) is 21.2 Å². The van der Waals surface area contributed by atoms with Gasteiger partial charge in [0.05, 0.1) is 6.10 Å². The number of halogens is 2. The average molecular weight is 324 g/mol. The molecule has 0 aliphatic carbocycles. The van der Waals surface area contributed by atoms with Crippen LogP contribution in [-0.4, -0.2) is 11.7 Å². The molecule has 0 aliphatic rings. The lowest BCUT2D eigenvalue weighted by atomic mass is 10.1. The predicted octanol–water partition coefficient (Wildman–Crippen LogP) is 4.04. The zero-order valence-electron chi connectivity index (χ0n) is 10.5. The maximum absolute atomic E-state index is 13.1. The zero-order valence-corrected chi connectivity index (χ0v) is 12.1. The van der Waals surface area contributed by atoms with Crippen LogP contribution < -0.4 is 5.32 Å². The monoisotopic (exact) mass is 323 g/mol. The van der Waals surface area contributed by atoms with Gasteiger partial charge in [-0.1, -0.05) is 28.1 Å². The molecule has 0 amide bonds. The van der Waals surface area contributed by atoms with Crippen LogP contribution in [-0.2, 0) is 0 Å². The standard InChI is InChI=1S/C15H15BrFNO/c1-10-7-12(16)5-6-14(10)18-9-15(19)11-3-2-4-13(17)8-11/h2-8,15,18-19H,9H2,1H3. The van der Waals surface area contributed by atoms with Crippen LogP contribution in [0.1, 0.15) is 17.2 Å². The Kier molecular flexibility index (Phi) is 4.56. The van der Waals surface area contributed by atoms with E-state index >= 15 is 0 Å². The largest absolute Gasteiger partial charge is 0.387 e. The van der Waals surface area contributed by atoms with Crippen LogP contribution in [0.15, 0.2) is 46.9 Å². The van der Waals surface area contributed by atoms with Crippen molar-refractivity contribution < 1.29 is 9.50 Å². The second-order valence-electron chi connectivity index (χ2n) is 4.41. The minimum Gasteiger partial charge on any atom is -0.387 e. The van der Waals surface area contributed by atoms with Gasteiger partial charge in [-0.15, -0.1) is 0 Å². The van der Waals surface area contributed by atoms with Crippen LogP contribution in [0.25, 0.3) is 0 Å². The summed E-state index contributed by atoms with van der Waals surface area (Å²) in [4.78, 5) is 0. The lowest BCUT2D eigenvalue weighted by molar-refractivity contribution is 0.191. The number of rotatable bonds is 4. The van der Waals surface area contributed by atoms with Crippen LogP contribution in [0.5, 0.6) is 0 Å². The van der Waals surface area contributed by atoms with Crippen LogP contribution >= 0.6 is 15.9 Å². The van der Waals surface area contributed by atoms with Crippen molar-refractivity contribution in [2.24, 2.45) is 0 Å². The molecule has 1 atom stereocenters. The second-order valence-corrected chi connectivity index (χ2v) is 5.33. The molecule has 4 heteroatoms. The van der Waals surface area contributed by atoms with Crippen LogP contribution in [0.4, 0.5) is 10.1 Å². The SMILES string of the molecule is Cc1cc(Br)ccc1NCC(O)c1cccc(F)c1. The Labute approximate surface area is 120 Å². The molecule has 0 aromatic heterocycles. The number of aliphatic hydroxyl groups is 1. The van der Waals surface area contributed by atoms with Gasteiger partial charge in [-0.25, -0.2) is 4.39 Å². The maximum Gasteiger partial charge on any atom is 0.123 e. The number of aryl methyl sites for hydroxylation is 1. The minimum atomic E-state index is -0.737. The van der Waals surface area contributed by atoms with Crippen LogP contribution in [0.2, 0.25) is 0 Å². The molecule has 0 aliphatic heterocycles. The minimum absolute atomic E-state index is 0.337. The van der Waals surface area contributed by atoms with E-state index in [0.717, 1.165) is 15.7 Å². The third kappa shape index (κ3) is 3.78. The zero-order chi connectivity index (χ0) is 13.8. The van der Waals surface area contributed by atoms with Crippen molar-refractivity contribution in [2.75, 3.05) is 11.9 Å². The molecule has 100 valence electrons. The Morgan fingerprint density at radius 2 is 2.05 bits per heavy atom. The number of aliphatic hydroxyl groups excluding tert-OH is 1. The van der Waals surface area contributed by atoms with Crippen molar-refractivity contribution in [2.45, 2.75) is 13.0 Å². The molecular formula is C15H15BrFNO. The summed E-state index contributed by atoms with van der Waals surface area (Å²) >= 11 is 3.40. The van der Waals surface area contributed by atoms with Crippen LogP contribution in [0, 0.1) is 12.7 Å². The fourth-order valence-corrected chi connectivity index (χ4v) is 2.34. The first kappa shape index (κ1) is 14.0. The van der Waals surface area contributed by atoms with Gasteiger partial charge < -0.3 is 10.4 Å². The van der Waals surface area contributed by atoms with Crippen molar-refractivity contribution in [3.8, 4) is 0 Å². The molecular weight excluding hydrogens is 309 g/mol. The van der Waals surface area contributed by atoms with E-state index in [9.17, 15) is 9.50 Å². The highest BCUT2D eigenvalue weighted by atomic mass is 79.9. The predicted molar refractivity (Wildman–Crippen MR) is 78.7 cm³/mol. The van der Waals surface area contributed by atoms with Crippen molar-refractivity contribution >= 4 is 21.6 Å². The van der Waals surface area contributed by atoms with Crippen LogP contribution in [0.3, 0.4) is 0 Å². The fraction of sp³-hybridized carbons (Fsp3) is 0.200. The lowest BCUT2D eigenvalue weighted by Crippen LogP contribution is -2.12. The van der Waals surface area contributed by atoms with Crippen molar-refractivity contribution in [1.29, 1.82) is 0 Å². The number of hydrogen-bond acceptors (Lipinski definition) is 2. The average Bonchev–Trinajstić information content (AvgIpc) is 2.37. The molecule has 1 unspecified atom stereocenters. The summed E-state index contributed by atoms with van der Waals surface area (Å²) in [7, 11) is 0. The van der Waals surface area contributed by atoms with Gasteiger partial charge in [0.1, 0.15) is 5.82 Å². The summed E-state index contributed by atoms with van der Waals surface area (Å²) in [5.41, 5.74) is 2.61. The van der Waals surface area contributed by atoms with Gasteiger partial charge in [-0.3, -0.25) is 0 Å². The molecule has 0 fully saturated rings. The Morgan fingerprint density at radius 3 is 2.74 bits per heavy atom. The number of benzene rings is 2. The van der Waals surface area contributed by atoms with Gasteiger partial charge >= 0.3 is 0 Å². The van der Waals surface area contributed by atoms with Gasteiger partial charge in [-0.05, 0) is 48.4 Å². The van der Waals surface area contributed by atoms with Crippen molar-refractivity contribution in [3.63, 3.8) is 0 Å². The van der Waals surface area contributed by atoms with E-state index in [1.54, 1.807) is 12.1 Å². The number of anilines is 1. The quantitative estimate of drug-likeness (QED) is 0.889. The highest BCUT2D eigenvalue weighted by Gasteiger charge is 2.08. The van der Waals surface area contributed by atoms with Crippen molar-refractivity contribution in [3.05, 3.63) is 63.9 Å². The van der Waals surface area contributed by atoms with Gasteiger partial charge in [0.25, 0.3) is 0 Å². The number of hydrogen-bond donors (Lipinski definition) is 2. The van der Waals surface area contributed by atoms with E-state index in [1.165, 1.54) is 12.1 Å². The number of nitrogens with one attached hydrogen (secondary N) is 1. The Hall–Kier alpha value is -1.39. The third-order valence-corrected chi connectivity index (χ3v) is 3.40. The molecule has 19 heavy (non-hydrogen) atoms. The first-order valence-electron chi connectivity index (χ1n) is 6.00. The highest BCUT2D eigenvalue weighted by Crippen LogP contribution is 2.21. The molecule has 0 heterocycles. The van der Waals surface area contributed by atoms with Crippen molar-refractivity contribution in [1.82, 2.24) is 0 Å². The first-order valence-corrected chi connectivity index (χ1v) is 6.79. The smallest absolute Gasteiger partial charge is 0.123 e. The molecule has 2 rings (SSSR count). The van der Waals surface area contributed by atoms with Gasteiger partial charge in [-0.2, -0.15) is 0 Å². The summed E-state index contributed by atoms with van der Waals surface area (Å²) < 4.78 is 14.1. The lowest BCUT2D eigenvalue weighted by Gasteiger charge is -2.15. The molecule has 2 N–H and O–H groups in total. The second kappa shape index (κ2) is 6.17. The van der Waals surface area contributed by atoms with E-state index in [-0.39, 0.29) is 5.82 Å². The molecule has 2 aromatic rings. The molecule has 0 spiro atoms. The summed E-state index contributed by atoms with van der Waals surface area (Å²) in [6, 6.07) is 11.9. The third-order valence-electron chi connectivity index (χ3n) is 2.91. The first-order chi connectivity index (χ1) is 9.06. The highest BCUT2D eigenvalue weighted by molar-refractivity contribution is 9.10. The maximum atomic E-state index is 13.1. The molecule has 2 nitrogen and oxygen atoms in total. The summed E-state index contributed by atoms with van der Waals surface area (Å²) in [5.74, 6) is -0.337. The van der Waals surface area contributed by atoms with E-state index in [4.69, 9.17) is 0 Å². The molecule has 2 aromatic carbocycles.